The van der Waals surface area contributed by atoms with Crippen molar-refractivity contribution >= 4 is 11.9 Å². The number of likely N-dealkylation sites (N-methyl/N-ethyl adjacent to an activating group) is 1. The topological polar surface area (TPSA) is 70.2 Å². The summed E-state index contributed by atoms with van der Waals surface area (Å²) in [4.78, 5) is 23.1. The molecule has 2 aromatic rings. The van der Waals surface area contributed by atoms with Crippen molar-refractivity contribution in [2.24, 2.45) is 0 Å². The molecule has 0 radical (unpaired) electrons. The fraction of sp³-hybridized carbons (Fsp3) is 0.421. The Morgan fingerprint density at radius 3 is 2.68 bits per heavy atom. The van der Waals surface area contributed by atoms with E-state index in [9.17, 15) is 4.79 Å². The Hall–Kier alpha value is -2.47. The minimum Gasteiger partial charge on any atom is -0.355 e. The molecule has 1 fully saturated rings. The molecule has 1 aliphatic rings. The maximum Gasteiger partial charge on any atom is 0.237 e. The van der Waals surface area contributed by atoms with E-state index in [0.717, 1.165) is 24.9 Å². The summed E-state index contributed by atoms with van der Waals surface area (Å²) in [6.07, 6.45) is 5.66. The number of carbonyl (C=O) groups excluding carboxylic acids is 1. The number of anilines is 1. The molecule has 1 amide bonds. The summed E-state index contributed by atoms with van der Waals surface area (Å²) in [5, 5.41) is 6.15. The Bertz CT molecular complexity index is 674. The molecule has 1 saturated heterocycles. The van der Waals surface area contributed by atoms with Gasteiger partial charge in [-0.1, -0.05) is 30.3 Å². The van der Waals surface area contributed by atoms with E-state index < -0.39 is 0 Å². The molecular formula is C19H25N5O. The zero-order chi connectivity index (χ0) is 17.5. The highest BCUT2D eigenvalue weighted by atomic mass is 16.2. The van der Waals surface area contributed by atoms with E-state index in [0.29, 0.717) is 25.6 Å². The van der Waals surface area contributed by atoms with Gasteiger partial charge in [-0.2, -0.15) is 0 Å². The van der Waals surface area contributed by atoms with E-state index in [2.05, 4.69) is 37.6 Å². The van der Waals surface area contributed by atoms with Crippen LogP contribution in [0.1, 0.15) is 30.9 Å². The average Bonchev–Trinajstić information content (AvgIpc) is 3.10. The van der Waals surface area contributed by atoms with Crippen LogP contribution < -0.4 is 10.6 Å². The predicted octanol–water partition coefficient (Wildman–Crippen LogP) is 2.19. The number of amides is 1. The van der Waals surface area contributed by atoms with Crippen molar-refractivity contribution < 1.29 is 4.79 Å². The summed E-state index contributed by atoms with van der Waals surface area (Å²) in [5.41, 5.74) is 2.22. The first-order valence-electron chi connectivity index (χ1n) is 8.86. The second-order valence-electron chi connectivity index (χ2n) is 6.28. The van der Waals surface area contributed by atoms with Crippen molar-refractivity contribution in [2.45, 2.75) is 38.9 Å². The van der Waals surface area contributed by atoms with Crippen molar-refractivity contribution in [3.63, 3.8) is 0 Å². The SMILES string of the molecule is CCNC(=O)[C@@H]1CCCN1Cc1cnc(NCc2ccccc2)nc1. The number of rotatable bonds is 7. The zero-order valence-corrected chi connectivity index (χ0v) is 14.6. The lowest BCUT2D eigenvalue weighted by Crippen LogP contribution is -2.42. The lowest BCUT2D eigenvalue weighted by Gasteiger charge is -2.23. The molecule has 3 rings (SSSR count). The van der Waals surface area contributed by atoms with Gasteiger partial charge in [0, 0.05) is 37.6 Å². The Balaban J connectivity index is 1.54. The summed E-state index contributed by atoms with van der Waals surface area (Å²) in [7, 11) is 0. The summed E-state index contributed by atoms with van der Waals surface area (Å²) in [6, 6.07) is 10.1. The van der Waals surface area contributed by atoms with Crippen molar-refractivity contribution in [1.29, 1.82) is 0 Å². The van der Waals surface area contributed by atoms with Crippen molar-refractivity contribution in [2.75, 3.05) is 18.4 Å². The van der Waals surface area contributed by atoms with E-state index in [-0.39, 0.29) is 11.9 Å². The first-order chi connectivity index (χ1) is 12.3. The van der Waals surface area contributed by atoms with Gasteiger partial charge in [-0.3, -0.25) is 9.69 Å². The summed E-state index contributed by atoms with van der Waals surface area (Å²) < 4.78 is 0. The predicted molar refractivity (Wildman–Crippen MR) is 97.9 cm³/mol. The molecule has 1 atom stereocenters. The number of carbonyl (C=O) groups is 1. The van der Waals surface area contributed by atoms with Gasteiger partial charge in [0.1, 0.15) is 0 Å². The normalized spacial score (nSPS) is 17.4. The van der Waals surface area contributed by atoms with Crippen LogP contribution in [0.3, 0.4) is 0 Å². The van der Waals surface area contributed by atoms with Crippen LogP contribution in [0.25, 0.3) is 0 Å². The van der Waals surface area contributed by atoms with Crippen LogP contribution in [0.5, 0.6) is 0 Å². The van der Waals surface area contributed by atoms with Gasteiger partial charge in [0.2, 0.25) is 11.9 Å². The Kier molecular flexibility index (Phi) is 5.95. The quantitative estimate of drug-likeness (QED) is 0.809. The molecule has 0 unspecified atom stereocenters. The molecule has 0 aliphatic carbocycles. The lowest BCUT2D eigenvalue weighted by molar-refractivity contribution is -0.125. The molecule has 1 aromatic heterocycles. The highest BCUT2D eigenvalue weighted by molar-refractivity contribution is 5.81. The minimum absolute atomic E-state index is 0.0316. The molecule has 0 saturated carbocycles. The zero-order valence-electron chi connectivity index (χ0n) is 14.6. The van der Waals surface area contributed by atoms with E-state index >= 15 is 0 Å². The number of benzene rings is 1. The van der Waals surface area contributed by atoms with Crippen LogP contribution in [0.2, 0.25) is 0 Å². The standard InChI is InChI=1S/C19H25N5O/c1-2-20-18(25)17-9-6-10-24(17)14-16-12-22-19(23-13-16)21-11-15-7-4-3-5-8-15/h3-5,7-8,12-13,17H,2,6,9-11,14H2,1H3,(H,20,25)(H,21,22,23)/t17-/m0/s1. The van der Waals surface area contributed by atoms with Crippen LogP contribution >= 0.6 is 0 Å². The Labute approximate surface area is 148 Å². The van der Waals surface area contributed by atoms with Crippen LogP contribution in [0, 0.1) is 0 Å². The molecular weight excluding hydrogens is 314 g/mol. The van der Waals surface area contributed by atoms with Gasteiger partial charge >= 0.3 is 0 Å². The molecule has 1 aliphatic heterocycles. The maximum absolute atomic E-state index is 12.1. The van der Waals surface area contributed by atoms with Gasteiger partial charge in [0.15, 0.2) is 0 Å². The summed E-state index contributed by atoms with van der Waals surface area (Å²) in [5.74, 6) is 0.747. The van der Waals surface area contributed by atoms with E-state index in [1.54, 1.807) is 0 Å². The number of likely N-dealkylation sites (tertiary alicyclic amines) is 1. The summed E-state index contributed by atoms with van der Waals surface area (Å²) in [6.45, 7) is 4.97. The van der Waals surface area contributed by atoms with Gasteiger partial charge in [-0.25, -0.2) is 9.97 Å². The van der Waals surface area contributed by atoms with Crippen LogP contribution in [-0.4, -0.2) is 39.9 Å². The second kappa shape index (κ2) is 8.58. The van der Waals surface area contributed by atoms with Gasteiger partial charge in [0.05, 0.1) is 6.04 Å². The number of aromatic nitrogens is 2. The lowest BCUT2D eigenvalue weighted by atomic mass is 10.2. The van der Waals surface area contributed by atoms with E-state index in [4.69, 9.17) is 0 Å². The van der Waals surface area contributed by atoms with Gasteiger partial charge in [-0.05, 0) is 31.9 Å². The fourth-order valence-electron chi connectivity index (χ4n) is 3.14. The van der Waals surface area contributed by atoms with Gasteiger partial charge in [0.25, 0.3) is 0 Å². The monoisotopic (exact) mass is 339 g/mol. The molecule has 2 N–H and O–H groups in total. The number of nitrogens with zero attached hydrogens (tertiary/aromatic N) is 3. The number of nitrogens with one attached hydrogen (secondary N) is 2. The van der Waals surface area contributed by atoms with E-state index in [1.807, 2.05) is 37.5 Å². The Morgan fingerprint density at radius 2 is 1.96 bits per heavy atom. The van der Waals surface area contributed by atoms with Gasteiger partial charge in [-0.15, -0.1) is 0 Å². The fourth-order valence-corrected chi connectivity index (χ4v) is 3.14. The number of hydrogen-bond acceptors (Lipinski definition) is 5. The maximum atomic E-state index is 12.1. The Morgan fingerprint density at radius 1 is 1.20 bits per heavy atom. The first kappa shape index (κ1) is 17.4. The smallest absolute Gasteiger partial charge is 0.237 e. The van der Waals surface area contributed by atoms with Gasteiger partial charge < -0.3 is 10.6 Å². The minimum atomic E-state index is -0.0316. The number of hydrogen-bond donors (Lipinski definition) is 2. The third-order valence-corrected chi connectivity index (χ3v) is 4.40. The molecule has 6 heteroatoms. The average molecular weight is 339 g/mol. The highest BCUT2D eigenvalue weighted by Gasteiger charge is 2.30. The van der Waals surface area contributed by atoms with Crippen LogP contribution in [0.15, 0.2) is 42.7 Å². The molecule has 0 bridgehead atoms. The largest absolute Gasteiger partial charge is 0.355 e. The molecule has 132 valence electrons. The molecule has 6 nitrogen and oxygen atoms in total. The first-order valence-corrected chi connectivity index (χ1v) is 8.86. The molecule has 0 spiro atoms. The highest BCUT2D eigenvalue weighted by Crippen LogP contribution is 2.20. The van der Waals surface area contributed by atoms with Crippen molar-refractivity contribution in [1.82, 2.24) is 20.2 Å². The molecule has 25 heavy (non-hydrogen) atoms. The second-order valence-corrected chi connectivity index (χ2v) is 6.28. The van der Waals surface area contributed by atoms with E-state index in [1.165, 1.54) is 5.56 Å². The van der Waals surface area contributed by atoms with Crippen molar-refractivity contribution in [3.05, 3.63) is 53.9 Å². The molecule has 1 aromatic carbocycles. The third kappa shape index (κ3) is 4.76. The third-order valence-electron chi connectivity index (χ3n) is 4.40. The van der Waals surface area contributed by atoms with Crippen LogP contribution in [-0.2, 0) is 17.9 Å². The van der Waals surface area contributed by atoms with Crippen molar-refractivity contribution in [3.8, 4) is 0 Å². The molecule has 2 heterocycles. The summed E-state index contributed by atoms with van der Waals surface area (Å²) >= 11 is 0. The van der Waals surface area contributed by atoms with Crippen LogP contribution in [0.4, 0.5) is 5.95 Å².